The van der Waals surface area contributed by atoms with Crippen molar-refractivity contribution in [1.29, 1.82) is 0 Å². The molecule has 0 aromatic carbocycles. The predicted molar refractivity (Wildman–Crippen MR) is 190 cm³/mol. The summed E-state index contributed by atoms with van der Waals surface area (Å²) in [5.74, 6) is -0.756. The smallest absolute Gasteiger partial charge is 0.350 e. The number of piperidine rings is 1. The molecule has 274 valence electrons. The van der Waals surface area contributed by atoms with Crippen LogP contribution in [0.4, 0.5) is 0 Å². The van der Waals surface area contributed by atoms with Crippen molar-refractivity contribution in [2.45, 2.75) is 114 Å². The van der Waals surface area contributed by atoms with E-state index in [-0.39, 0.29) is 48.8 Å². The van der Waals surface area contributed by atoms with E-state index in [2.05, 4.69) is 57.6 Å². The molecule has 2 heterocycles. The van der Waals surface area contributed by atoms with Gasteiger partial charge in [-0.25, -0.2) is 4.79 Å². The van der Waals surface area contributed by atoms with Crippen LogP contribution in [0.25, 0.3) is 0 Å². The van der Waals surface area contributed by atoms with Crippen molar-refractivity contribution in [3.8, 4) is 0 Å². The second kappa shape index (κ2) is 16.6. The number of epoxide rings is 1. The molecule has 5 aliphatic rings. The highest BCUT2D eigenvalue weighted by molar-refractivity contribution is 6.23. The van der Waals surface area contributed by atoms with E-state index in [9.17, 15) is 14.4 Å². The topological polar surface area (TPSA) is 171 Å². The molecule has 4 fully saturated rings. The van der Waals surface area contributed by atoms with E-state index >= 15 is 0 Å². The molecule has 12 nitrogen and oxygen atoms in total. The number of carbonyl (C=O) groups is 3. The van der Waals surface area contributed by atoms with Crippen molar-refractivity contribution >= 4 is 23.5 Å². The predicted octanol–water partition coefficient (Wildman–Crippen LogP) is 2.30. The monoisotopic (exact) mass is 683 g/mol. The van der Waals surface area contributed by atoms with Gasteiger partial charge in [-0.05, 0) is 83.8 Å². The summed E-state index contributed by atoms with van der Waals surface area (Å²) in [6.45, 7) is 8.81. The molecule has 10 unspecified atom stereocenters. The number of Topliss-reactive ketones (excluding diaryl/α,β-unsaturated/α-hetero) is 2. The number of nitrogens with zero attached hydrogens (tertiary/aromatic N) is 1. The van der Waals surface area contributed by atoms with Crippen molar-refractivity contribution in [3.63, 3.8) is 0 Å². The van der Waals surface area contributed by atoms with Crippen LogP contribution in [0.2, 0.25) is 0 Å². The van der Waals surface area contributed by atoms with E-state index in [4.69, 9.17) is 15.2 Å². The van der Waals surface area contributed by atoms with Crippen LogP contribution in [0.3, 0.4) is 0 Å². The lowest BCUT2D eigenvalue weighted by Gasteiger charge is -2.37. The summed E-state index contributed by atoms with van der Waals surface area (Å²) in [5, 5.41) is 17.1. The summed E-state index contributed by atoms with van der Waals surface area (Å²) in [5.41, 5.74) is 3.84. The number of allylic oxidation sites excluding steroid dienone is 1. The Labute approximate surface area is 292 Å². The van der Waals surface area contributed by atoms with Crippen molar-refractivity contribution < 1.29 is 23.9 Å². The number of hydrogen-bond donors (Lipinski definition) is 6. The van der Waals surface area contributed by atoms with E-state index in [0.29, 0.717) is 43.7 Å². The van der Waals surface area contributed by atoms with Crippen molar-refractivity contribution in [2.24, 2.45) is 40.3 Å². The molecule has 2 aliphatic heterocycles. The third kappa shape index (κ3) is 7.83. The molecule has 0 spiro atoms. The molecule has 0 radical (unpaired) electrons. The Morgan fingerprint density at radius 2 is 1.90 bits per heavy atom. The lowest BCUT2D eigenvalue weighted by Crippen LogP contribution is -2.58. The molecular formula is C37H61N7O5. The second-order valence-electron chi connectivity index (χ2n) is 14.9. The summed E-state index contributed by atoms with van der Waals surface area (Å²) in [6.07, 6.45) is 14.2. The molecule has 12 heteroatoms. The minimum atomic E-state index is -1.86. The van der Waals surface area contributed by atoms with Crippen LogP contribution in [0.1, 0.15) is 85.0 Å². The van der Waals surface area contributed by atoms with E-state index in [1.807, 2.05) is 20.0 Å². The summed E-state index contributed by atoms with van der Waals surface area (Å²) >= 11 is 0. The molecule has 10 atom stereocenters. The number of likely N-dealkylation sites (N-methyl/N-ethyl adjacent to an activating group) is 1. The number of ketones is 2. The average Bonchev–Trinajstić information content (AvgIpc) is 3.83. The first-order valence-electron chi connectivity index (χ1n) is 18.8. The van der Waals surface area contributed by atoms with Gasteiger partial charge in [0.15, 0.2) is 23.1 Å². The maximum absolute atomic E-state index is 14.3. The van der Waals surface area contributed by atoms with Crippen LogP contribution in [-0.4, -0.2) is 93.4 Å². The molecular weight excluding hydrogens is 622 g/mol. The maximum atomic E-state index is 14.3. The number of rotatable bonds is 15. The molecule has 49 heavy (non-hydrogen) atoms. The van der Waals surface area contributed by atoms with Crippen LogP contribution in [0.5, 0.6) is 0 Å². The SMILES string of the molecule is CCNC1C=CC(CC)CC1COC(=O)C12OC1(CC=C(C)CC(NC(N)=NC)C1CCNC(NCNC)C1)C(=O)C1CCCCC1C2=O. The Morgan fingerprint density at radius 1 is 1.14 bits per heavy atom. The highest BCUT2D eigenvalue weighted by atomic mass is 16.7. The largest absolute Gasteiger partial charge is 0.463 e. The van der Waals surface area contributed by atoms with Crippen molar-refractivity contribution in [2.75, 3.05) is 40.5 Å². The molecule has 3 aliphatic carbocycles. The minimum absolute atomic E-state index is 0.0147. The number of hydrogen-bond acceptors (Lipinski definition) is 10. The summed E-state index contributed by atoms with van der Waals surface area (Å²) in [4.78, 5) is 46.8. The lowest BCUT2D eigenvalue weighted by molar-refractivity contribution is -0.160. The number of nitrogens with two attached hydrogens (primary N) is 1. The summed E-state index contributed by atoms with van der Waals surface area (Å²) < 4.78 is 12.3. The van der Waals surface area contributed by atoms with Crippen molar-refractivity contribution in [3.05, 3.63) is 23.8 Å². The fourth-order valence-electron chi connectivity index (χ4n) is 8.93. The molecule has 2 saturated carbocycles. The fourth-order valence-corrected chi connectivity index (χ4v) is 8.93. The Hall–Kier alpha value is -2.64. The molecule has 0 aromatic heterocycles. The number of esters is 1. The number of ether oxygens (including phenoxy) is 2. The zero-order chi connectivity index (χ0) is 35.2. The Balaban J connectivity index is 1.34. The third-order valence-corrected chi connectivity index (χ3v) is 11.8. The van der Waals surface area contributed by atoms with Gasteiger partial charge in [0.2, 0.25) is 0 Å². The fraction of sp³-hybridized carbons (Fsp3) is 0.784. The van der Waals surface area contributed by atoms with Gasteiger partial charge in [-0.15, -0.1) is 0 Å². The molecule has 0 bridgehead atoms. The molecule has 7 N–H and O–H groups in total. The first-order chi connectivity index (χ1) is 23.6. The Kier molecular flexibility index (Phi) is 12.7. The van der Waals surface area contributed by atoms with Gasteiger partial charge >= 0.3 is 5.97 Å². The van der Waals surface area contributed by atoms with E-state index in [0.717, 1.165) is 57.2 Å². The summed E-state index contributed by atoms with van der Waals surface area (Å²) in [7, 11) is 3.58. The lowest BCUT2D eigenvalue weighted by atomic mass is 9.61. The normalized spacial score (nSPS) is 36.9. The van der Waals surface area contributed by atoms with Crippen LogP contribution in [0.15, 0.2) is 28.8 Å². The Bertz CT molecular complexity index is 1290. The first kappa shape index (κ1) is 37.6. The van der Waals surface area contributed by atoms with Gasteiger partial charge in [0, 0.05) is 50.0 Å². The Morgan fingerprint density at radius 3 is 2.59 bits per heavy atom. The number of nitrogens with one attached hydrogen (secondary N) is 5. The number of guanidine groups is 1. The quantitative estimate of drug-likeness (QED) is 0.0285. The van der Waals surface area contributed by atoms with Gasteiger partial charge in [0.1, 0.15) is 0 Å². The van der Waals surface area contributed by atoms with Gasteiger partial charge in [-0.1, -0.05) is 50.5 Å². The first-order valence-corrected chi connectivity index (χ1v) is 18.8. The van der Waals surface area contributed by atoms with E-state index < -0.39 is 29.0 Å². The minimum Gasteiger partial charge on any atom is -0.463 e. The standard InChI is InChI=1S/C37H61N7O5/c1-6-24-12-13-29(41-7-2)26(19-24)21-48-34(47)37-33(46)28-11-9-8-10-27(28)32(45)36(37,49-37)16-14-23(3)18-30(44-35(38)40-5)25-15-17-42-31(20-25)43-22-39-4/h12-14,24-31,39,41-43H,6-11,15-22H2,1-5H3,(H3,38,40,44). The zero-order valence-electron chi connectivity index (χ0n) is 30.3. The average molecular weight is 684 g/mol. The number of aliphatic imine (C=N–C) groups is 1. The molecule has 0 amide bonds. The highest BCUT2D eigenvalue weighted by Gasteiger charge is 2.86. The molecule has 2 saturated heterocycles. The summed E-state index contributed by atoms with van der Waals surface area (Å²) in [6, 6.07) is 0.100. The van der Waals surface area contributed by atoms with Gasteiger partial charge in [0.05, 0.1) is 12.8 Å². The highest BCUT2D eigenvalue weighted by Crippen LogP contribution is 2.61. The number of fused-ring (bicyclic) bond motifs is 2. The van der Waals surface area contributed by atoms with Crippen LogP contribution in [-0.2, 0) is 23.9 Å². The van der Waals surface area contributed by atoms with Crippen molar-refractivity contribution in [1.82, 2.24) is 26.6 Å². The van der Waals surface area contributed by atoms with Gasteiger partial charge in [-0.3, -0.25) is 19.9 Å². The number of carbonyl (C=O) groups excluding carboxylic acids is 3. The molecule has 5 rings (SSSR count). The van der Waals surface area contributed by atoms with E-state index in [1.165, 1.54) is 0 Å². The maximum Gasteiger partial charge on any atom is 0.350 e. The van der Waals surface area contributed by atoms with E-state index in [1.54, 1.807) is 7.05 Å². The van der Waals surface area contributed by atoms with Crippen LogP contribution < -0.4 is 32.3 Å². The van der Waals surface area contributed by atoms with Crippen LogP contribution >= 0.6 is 0 Å². The second-order valence-corrected chi connectivity index (χ2v) is 14.9. The van der Waals surface area contributed by atoms with Crippen LogP contribution in [0, 0.1) is 29.6 Å². The van der Waals surface area contributed by atoms with Gasteiger partial charge in [0.25, 0.3) is 5.60 Å². The third-order valence-electron chi connectivity index (χ3n) is 11.8. The van der Waals surface area contributed by atoms with Gasteiger partial charge in [-0.2, -0.15) is 0 Å². The van der Waals surface area contributed by atoms with Gasteiger partial charge < -0.3 is 36.5 Å². The zero-order valence-corrected chi connectivity index (χ0v) is 30.3. The molecule has 0 aromatic rings.